The van der Waals surface area contributed by atoms with E-state index < -0.39 is 24.0 Å². The highest BCUT2D eigenvalue weighted by Gasteiger charge is 2.38. The Morgan fingerprint density at radius 1 is 1.50 bits per heavy atom. The lowest BCUT2D eigenvalue weighted by atomic mass is 10.1. The van der Waals surface area contributed by atoms with Gasteiger partial charge >= 0.3 is 0 Å². The van der Waals surface area contributed by atoms with Crippen LogP contribution in [-0.2, 0) is 17.9 Å². The van der Waals surface area contributed by atoms with Gasteiger partial charge in [0.2, 0.25) is 0 Å². The number of rotatable bonds is 6. The minimum atomic E-state index is -1.16. The lowest BCUT2D eigenvalue weighted by Gasteiger charge is -2.23. The average Bonchev–Trinajstić information content (AvgIpc) is 3.28. The molecule has 0 spiro atoms. The SMILES string of the molecule is COCc1c(C(=O)N2C[C@@H](F)C[C@H]2Cn2cc(C(N)=O)nn2)noc1C. The maximum absolute atomic E-state index is 14.0. The van der Waals surface area contributed by atoms with Gasteiger partial charge in [-0.15, -0.1) is 5.10 Å². The molecule has 3 rings (SSSR count). The minimum Gasteiger partial charge on any atom is -0.380 e. The molecule has 2 aromatic heterocycles. The molecule has 1 fully saturated rings. The molecule has 0 radical (unpaired) electrons. The van der Waals surface area contributed by atoms with Crippen LogP contribution < -0.4 is 5.73 Å². The molecule has 11 heteroatoms. The van der Waals surface area contributed by atoms with Crippen LogP contribution in [0.2, 0.25) is 0 Å². The second kappa shape index (κ2) is 7.20. The highest BCUT2D eigenvalue weighted by molar-refractivity contribution is 5.94. The maximum atomic E-state index is 14.0. The third-order valence-corrected chi connectivity index (χ3v) is 4.29. The molecule has 1 aliphatic heterocycles. The molecule has 2 amide bonds. The average molecular weight is 366 g/mol. The number of ether oxygens (including phenoxy) is 1. The monoisotopic (exact) mass is 366 g/mol. The van der Waals surface area contributed by atoms with Gasteiger partial charge in [0.15, 0.2) is 11.4 Å². The van der Waals surface area contributed by atoms with Crippen LogP contribution in [0.15, 0.2) is 10.7 Å². The third-order valence-electron chi connectivity index (χ3n) is 4.29. The van der Waals surface area contributed by atoms with Gasteiger partial charge in [-0.25, -0.2) is 9.07 Å². The van der Waals surface area contributed by atoms with E-state index in [1.54, 1.807) is 6.92 Å². The number of nitrogens with zero attached hydrogens (tertiary/aromatic N) is 5. The van der Waals surface area contributed by atoms with Crippen LogP contribution >= 0.6 is 0 Å². The first-order chi connectivity index (χ1) is 12.4. The molecule has 0 aromatic carbocycles. The van der Waals surface area contributed by atoms with Crippen LogP contribution in [0.3, 0.4) is 0 Å². The fourth-order valence-corrected chi connectivity index (χ4v) is 3.01. The van der Waals surface area contributed by atoms with Crippen molar-refractivity contribution in [2.24, 2.45) is 5.73 Å². The molecule has 0 unspecified atom stereocenters. The van der Waals surface area contributed by atoms with Crippen LogP contribution in [0.1, 0.15) is 38.7 Å². The van der Waals surface area contributed by atoms with Crippen molar-refractivity contribution in [2.75, 3.05) is 13.7 Å². The van der Waals surface area contributed by atoms with Crippen LogP contribution in [0.5, 0.6) is 0 Å². The predicted octanol–water partition coefficient (Wildman–Crippen LogP) is 0.0726. The number of hydrogen-bond acceptors (Lipinski definition) is 7. The summed E-state index contributed by atoms with van der Waals surface area (Å²) in [5.41, 5.74) is 5.80. The van der Waals surface area contributed by atoms with Gasteiger partial charge in [0, 0.05) is 13.5 Å². The number of nitrogens with two attached hydrogens (primary N) is 1. The molecule has 0 saturated carbocycles. The summed E-state index contributed by atoms with van der Waals surface area (Å²) in [6, 6.07) is -0.465. The Balaban J connectivity index is 1.80. The molecular formula is C15H19FN6O4. The lowest BCUT2D eigenvalue weighted by Crippen LogP contribution is -2.39. The van der Waals surface area contributed by atoms with Gasteiger partial charge in [-0.3, -0.25) is 9.59 Å². The van der Waals surface area contributed by atoms with Gasteiger partial charge in [-0.05, 0) is 6.92 Å². The number of aromatic nitrogens is 4. The fraction of sp³-hybridized carbons (Fsp3) is 0.533. The third kappa shape index (κ3) is 3.43. The predicted molar refractivity (Wildman–Crippen MR) is 84.8 cm³/mol. The Morgan fingerprint density at radius 2 is 2.27 bits per heavy atom. The van der Waals surface area contributed by atoms with Crippen molar-refractivity contribution < 1.29 is 23.2 Å². The van der Waals surface area contributed by atoms with Gasteiger partial charge in [-0.2, -0.15) is 0 Å². The van der Waals surface area contributed by atoms with Gasteiger partial charge in [0.05, 0.1) is 37.5 Å². The quantitative estimate of drug-likeness (QED) is 0.766. The summed E-state index contributed by atoms with van der Waals surface area (Å²) in [6.45, 7) is 1.97. The van der Waals surface area contributed by atoms with Crippen molar-refractivity contribution >= 4 is 11.8 Å². The van der Waals surface area contributed by atoms with E-state index in [4.69, 9.17) is 15.0 Å². The maximum Gasteiger partial charge on any atom is 0.276 e. The number of hydrogen-bond donors (Lipinski definition) is 1. The molecule has 3 heterocycles. The van der Waals surface area contributed by atoms with Crippen molar-refractivity contribution in [1.82, 2.24) is 25.1 Å². The summed E-state index contributed by atoms with van der Waals surface area (Å²) in [5.74, 6) is -0.666. The van der Waals surface area contributed by atoms with Gasteiger partial charge in [-0.1, -0.05) is 10.4 Å². The number of amides is 2. The number of halogens is 1. The molecule has 1 aliphatic rings. The largest absolute Gasteiger partial charge is 0.380 e. The second-order valence-corrected chi connectivity index (χ2v) is 6.13. The number of methoxy groups -OCH3 is 1. The lowest BCUT2D eigenvalue weighted by molar-refractivity contribution is 0.0699. The van der Waals surface area contributed by atoms with E-state index in [0.717, 1.165) is 0 Å². The zero-order valence-corrected chi connectivity index (χ0v) is 14.4. The number of primary amides is 1. The number of alkyl halides is 1. The Kier molecular flexibility index (Phi) is 4.98. The molecule has 140 valence electrons. The zero-order valence-electron chi connectivity index (χ0n) is 14.4. The fourth-order valence-electron chi connectivity index (χ4n) is 3.01. The molecule has 0 aliphatic carbocycles. The zero-order chi connectivity index (χ0) is 18.8. The van der Waals surface area contributed by atoms with Crippen molar-refractivity contribution in [3.05, 3.63) is 28.9 Å². The minimum absolute atomic E-state index is 0.00665. The summed E-state index contributed by atoms with van der Waals surface area (Å²) in [5, 5.41) is 11.2. The standard InChI is InChI=1S/C15H19FN6O4/c1-8-11(7-25-2)13(19-26-8)15(24)22-4-9(16)3-10(22)5-21-6-12(14(17)23)18-20-21/h6,9-10H,3-5,7H2,1-2H3,(H2,17,23)/t9-,10-/m0/s1. The first kappa shape index (κ1) is 18.0. The van der Waals surface area contributed by atoms with E-state index in [9.17, 15) is 14.0 Å². The van der Waals surface area contributed by atoms with Gasteiger partial charge in [0.1, 0.15) is 11.9 Å². The van der Waals surface area contributed by atoms with E-state index in [1.165, 1.54) is 22.9 Å². The molecule has 0 bridgehead atoms. The van der Waals surface area contributed by atoms with E-state index in [-0.39, 0.29) is 37.5 Å². The second-order valence-electron chi connectivity index (χ2n) is 6.13. The smallest absolute Gasteiger partial charge is 0.276 e. The normalized spacial score (nSPS) is 19.9. The summed E-state index contributed by atoms with van der Waals surface area (Å²) in [6.07, 6.45) is 0.350. The van der Waals surface area contributed by atoms with Crippen LogP contribution in [0.4, 0.5) is 4.39 Å². The van der Waals surface area contributed by atoms with Crippen LogP contribution in [-0.4, -0.2) is 62.7 Å². The molecule has 2 aromatic rings. The molecule has 2 atom stereocenters. The van der Waals surface area contributed by atoms with Crippen molar-refractivity contribution in [3.8, 4) is 0 Å². The summed E-state index contributed by atoms with van der Waals surface area (Å²) >= 11 is 0. The van der Waals surface area contributed by atoms with Crippen molar-refractivity contribution in [1.29, 1.82) is 0 Å². The van der Waals surface area contributed by atoms with E-state index in [2.05, 4.69) is 15.5 Å². The van der Waals surface area contributed by atoms with Crippen LogP contribution in [0, 0.1) is 6.92 Å². The summed E-state index contributed by atoms with van der Waals surface area (Å²) in [7, 11) is 1.50. The number of carbonyl (C=O) groups excluding carboxylic acids is 2. The van der Waals surface area contributed by atoms with Crippen molar-refractivity contribution in [2.45, 2.75) is 38.7 Å². The summed E-state index contributed by atoms with van der Waals surface area (Å²) < 4.78 is 25.5. The highest BCUT2D eigenvalue weighted by Crippen LogP contribution is 2.26. The van der Waals surface area contributed by atoms with Crippen molar-refractivity contribution in [3.63, 3.8) is 0 Å². The van der Waals surface area contributed by atoms with Gasteiger partial charge < -0.3 is 19.9 Å². The Morgan fingerprint density at radius 3 is 2.92 bits per heavy atom. The number of likely N-dealkylation sites (tertiary alicyclic amines) is 1. The first-order valence-electron chi connectivity index (χ1n) is 7.99. The number of carbonyl (C=O) groups is 2. The molecule has 2 N–H and O–H groups in total. The van der Waals surface area contributed by atoms with E-state index in [1.807, 2.05) is 0 Å². The highest BCUT2D eigenvalue weighted by atomic mass is 19.1. The topological polar surface area (TPSA) is 129 Å². The Bertz CT molecular complexity index is 819. The Hall–Kier alpha value is -2.82. The summed E-state index contributed by atoms with van der Waals surface area (Å²) in [4.78, 5) is 25.4. The van der Waals surface area contributed by atoms with E-state index >= 15 is 0 Å². The number of aryl methyl sites for hydroxylation is 1. The first-order valence-corrected chi connectivity index (χ1v) is 7.99. The molecule has 26 heavy (non-hydrogen) atoms. The van der Waals surface area contributed by atoms with E-state index in [0.29, 0.717) is 11.3 Å². The van der Waals surface area contributed by atoms with Crippen LogP contribution in [0.25, 0.3) is 0 Å². The van der Waals surface area contributed by atoms with Gasteiger partial charge in [0.25, 0.3) is 11.8 Å². The molecular weight excluding hydrogens is 347 g/mol. The molecule has 10 nitrogen and oxygen atoms in total. The molecule has 1 saturated heterocycles. The Labute approximate surface area is 148 Å².